The first-order valence-electron chi connectivity index (χ1n) is 4.00. The number of aromatic nitrogens is 2. The van der Waals surface area contributed by atoms with Gasteiger partial charge in [0.2, 0.25) is 0 Å². The highest BCUT2D eigenvalue weighted by Crippen LogP contribution is 2.22. The average molecular weight is 166 g/mol. The van der Waals surface area contributed by atoms with Crippen LogP contribution in [-0.2, 0) is 6.42 Å². The Bertz CT molecular complexity index is 357. The Balaban J connectivity index is 2.64. The lowest BCUT2D eigenvalue weighted by Gasteiger charge is -2.16. The Morgan fingerprint density at radius 1 is 1.58 bits per heavy atom. The van der Waals surface area contributed by atoms with Gasteiger partial charge in [-0.3, -0.25) is 4.79 Å². The fraction of sp³-hybridized carbons (Fsp3) is 0.500. The molecule has 0 amide bonds. The molecule has 0 bridgehead atoms. The van der Waals surface area contributed by atoms with Crippen molar-refractivity contribution in [2.75, 3.05) is 6.61 Å². The number of nitrogens with one attached hydrogen (secondary N) is 1. The molecule has 0 aromatic carbocycles. The number of ether oxygens (including phenoxy) is 1. The van der Waals surface area contributed by atoms with Crippen LogP contribution in [0.2, 0.25) is 0 Å². The third-order valence-electron chi connectivity index (χ3n) is 2.02. The Kier molecular flexibility index (Phi) is 1.60. The molecule has 4 heteroatoms. The predicted molar refractivity (Wildman–Crippen MR) is 43.4 cm³/mol. The van der Waals surface area contributed by atoms with E-state index in [0.29, 0.717) is 12.4 Å². The molecule has 4 nitrogen and oxygen atoms in total. The third kappa shape index (κ3) is 0.995. The van der Waals surface area contributed by atoms with Crippen LogP contribution in [-0.4, -0.2) is 16.8 Å². The maximum Gasteiger partial charge on any atom is 0.271 e. The van der Waals surface area contributed by atoms with Gasteiger partial charge < -0.3 is 4.74 Å². The third-order valence-corrected chi connectivity index (χ3v) is 2.02. The molecule has 1 N–H and O–H groups in total. The van der Waals surface area contributed by atoms with Crippen molar-refractivity contribution in [1.29, 1.82) is 0 Å². The predicted octanol–water partition coefficient (Wildman–Crippen LogP) is 0.403. The van der Waals surface area contributed by atoms with Crippen LogP contribution in [0, 0.1) is 6.92 Å². The molecule has 0 saturated carbocycles. The van der Waals surface area contributed by atoms with E-state index in [2.05, 4.69) is 10.2 Å². The van der Waals surface area contributed by atoms with Gasteiger partial charge in [-0.1, -0.05) is 0 Å². The largest absolute Gasteiger partial charge is 0.491 e. The molecule has 2 rings (SSSR count). The second-order valence-corrected chi connectivity index (χ2v) is 2.90. The highest BCUT2D eigenvalue weighted by Gasteiger charge is 2.16. The van der Waals surface area contributed by atoms with E-state index in [9.17, 15) is 4.79 Å². The van der Waals surface area contributed by atoms with Gasteiger partial charge >= 0.3 is 0 Å². The van der Waals surface area contributed by atoms with Crippen molar-refractivity contribution in [3.63, 3.8) is 0 Å². The van der Waals surface area contributed by atoms with Gasteiger partial charge in [0.15, 0.2) is 5.75 Å². The number of rotatable bonds is 0. The van der Waals surface area contributed by atoms with Gasteiger partial charge in [0.05, 0.1) is 12.2 Å². The van der Waals surface area contributed by atoms with Crippen molar-refractivity contribution in [3.8, 4) is 5.75 Å². The number of H-pyrrole nitrogens is 1. The van der Waals surface area contributed by atoms with Crippen molar-refractivity contribution in [2.24, 2.45) is 0 Å². The van der Waals surface area contributed by atoms with Crippen molar-refractivity contribution >= 4 is 0 Å². The molecule has 1 aromatic rings. The van der Waals surface area contributed by atoms with Crippen LogP contribution in [0.15, 0.2) is 4.79 Å². The zero-order valence-corrected chi connectivity index (χ0v) is 6.89. The Morgan fingerprint density at radius 2 is 2.42 bits per heavy atom. The van der Waals surface area contributed by atoms with Crippen molar-refractivity contribution in [3.05, 3.63) is 21.6 Å². The zero-order valence-electron chi connectivity index (χ0n) is 6.89. The summed E-state index contributed by atoms with van der Waals surface area (Å²) in [6, 6.07) is 0. The van der Waals surface area contributed by atoms with Crippen LogP contribution in [0.4, 0.5) is 0 Å². The Morgan fingerprint density at radius 3 is 3.17 bits per heavy atom. The summed E-state index contributed by atoms with van der Waals surface area (Å²) >= 11 is 0. The molecule has 1 aromatic heterocycles. The van der Waals surface area contributed by atoms with E-state index < -0.39 is 0 Å². The van der Waals surface area contributed by atoms with Gasteiger partial charge in [0.1, 0.15) is 5.69 Å². The van der Waals surface area contributed by atoms with Crippen LogP contribution >= 0.6 is 0 Å². The van der Waals surface area contributed by atoms with E-state index in [1.54, 1.807) is 0 Å². The second kappa shape index (κ2) is 2.62. The number of aryl methyl sites for hydroxylation is 1. The van der Waals surface area contributed by atoms with Gasteiger partial charge in [-0.2, -0.15) is 5.10 Å². The molecule has 0 fully saturated rings. The smallest absolute Gasteiger partial charge is 0.271 e. The number of hydrogen-bond acceptors (Lipinski definition) is 3. The topological polar surface area (TPSA) is 55.0 Å². The van der Waals surface area contributed by atoms with Crippen LogP contribution in [0.3, 0.4) is 0 Å². The maximum atomic E-state index is 11.2. The first-order chi connectivity index (χ1) is 5.79. The normalized spacial score (nSPS) is 15.1. The van der Waals surface area contributed by atoms with Crippen molar-refractivity contribution < 1.29 is 4.74 Å². The lowest BCUT2D eigenvalue weighted by atomic mass is 10.1. The fourth-order valence-electron chi connectivity index (χ4n) is 1.42. The van der Waals surface area contributed by atoms with Crippen molar-refractivity contribution in [2.45, 2.75) is 19.8 Å². The van der Waals surface area contributed by atoms with E-state index >= 15 is 0 Å². The van der Waals surface area contributed by atoms with Crippen LogP contribution < -0.4 is 10.3 Å². The SMILES string of the molecule is Cc1n[nH]c(=O)c2c1OCCC2. The fourth-order valence-corrected chi connectivity index (χ4v) is 1.42. The molecule has 0 atom stereocenters. The molecule has 2 heterocycles. The molecule has 0 radical (unpaired) electrons. The monoisotopic (exact) mass is 166 g/mol. The molecule has 64 valence electrons. The quantitative estimate of drug-likeness (QED) is 0.607. The van der Waals surface area contributed by atoms with E-state index in [-0.39, 0.29) is 5.56 Å². The molecule has 0 unspecified atom stereocenters. The maximum absolute atomic E-state index is 11.2. The molecule has 0 saturated heterocycles. The van der Waals surface area contributed by atoms with E-state index in [1.807, 2.05) is 6.92 Å². The lowest BCUT2D eigenvalue weighted by molar-refractivity contribution is 0.282. The molecular formula is C8H10N2O2. The highest BCUT2D eigenvalue weighted by atomic mass is 16.5. The molecule has 0 aliphatic carbocycles. The Labute approximate surface area is 69.6 Å². The second-order valence-electron chi connectivity index (χ2n) is 2.90. The van der Waals surface area contributed by atoms with Crippen LogP contribution in [0.5, 0.6) is 5.75 Å². The first kappa shape index (κ1) is 7.34. The van der Waals surface area contributed by atoms with Gasteiger partial charge in [-0.25, -0.2) is 5.10 Å². The van der Waals surface area contributed by atoms with Gasteiger partial charge in [0, 0.05) is 0 Å². The van der Waals surface area contributed by atoms with E-state index in [4.69, 9.17) is 4.74 Å². The van der Waals surface area contributed by atoms with Crippen molar-refractivity contribution in [1.82, 2.24) is 10.2 Å². The molecule has 1 aliphatic rings. The van der Waals surface area contributed by atoms with Gasteiger partial charge in [-0.15, -0.1) is 0 Å². The number of aromatic amines is 1. The van der Waals surface area contributed by atoms with E-state index in [1.165, 1.54) is 0 Å². The summed E-state index contributed by atoms with van der Waals surface area (Å²) in [5.41, 5.74) is 1.40. The minimum absolute atomic E-state index is 0.115. The van der Waals surface area contributed by atoms with E-state index in [0.717, 1.165) is 24.1 Å². The summed E-state index contributed by atoms with van der Waals surface area (Å²) in [5.74, 6) is 0.685. The summed E-state index contributed by atoms with van der Waals surface area (Å²) in [7, 11) is 0. The summed E-state index contributed by atoms with van der Waals surface area (Å²) in [4.78, 5) is 11.2. The number of hydrogen-bond donors (Lipinski definition) is 1. The average Bonchev–Trinajstić information content (AvgIpc) is 2.12. The highest BCUT2D eigenvalue weighted by molar-refractivity contribution is 5.35. The number of fused-ring (bicyclic) bond motifs is 1. The number of nitrogens with zero attached hydrogens (tertiary/aromatic N) is 1. The summed E-state index contributed by atoms with van der Waals surface area (Å²) in [5, 5.41) is 6.27. The Hall–Kier alpha value is -1.32. The summed E-state index contributed by atoms with van der Waals surface area (Å²) in [6.45, 7) is 2.53. The zero-order chi connectivity index (χ0) is 8.55. The van der Waals surface area contributed by atoms with Crippen LogP contribution in [0.1, 0.15) is 17.7 Å². The molecular weight excluding hydrogens is 156 g/mol. The first-order valence-corrected chi connectivity index (χ1v) is 4.00. The van der Waals surface area contributed by atoms with Gasteiger partial charge in [-0.05, 0) is 19.8 Å². The standard InChI is InChI=1S/C8H10N2O2/c1-5-7-6(3-2-4-12-7)8(11)10-9-5/h2-4H2,1H3,(H,10,11). The van der Waals surface area contributed by atoms with Crippen LogP contribution in [0.25, 0.3) is 0 Å². The molecule has 12 heavy (non-hydrogen) atoms. The minimum atomic E-state index is -0.115. The molecule has 0 spiro atoms. The summed E-state index contributed by atoms with van der Waals surface area (Å²) in [6.07, 6.45) is 1.72. The minimum Gasteiger partial charge on any atom is -0.491 e. The lowest BCUT2D eigenvalue weighted by Crippen LogP contribution is -2.22. The molecule has 1 aliphatic heterocycles. The van der Waals surface area contributed by atoms with Gasteiger partial charge in [0.25, 0.3) is 5.56 Å². The summed E-state index contributed by atoms with van der Waals surface area (Å²) < 4.78 is 5.35.